The summed E-state index contributed by atoms with van der Waals surface area (Å²) >= 11 is 0. The minimum absolute atomic E-state index is 0.0369. The standard InChI is InChI=1S/C16H22N2O7S/c1-11(15(20)21)18(9-8-17-12(2)19)26(23,24)10-13-6-4-5-7-14(13)16(22)25-3/h4-7,11H,8-10H2,1-3H3,(H,17,19)(H,20,21). The molecule has 0 saturated carbocycles. The second-order valence-electron chi connectivity index (χ2n) is 5.51. The number of hydrogen-bond acceptors (Lipinski definition) is 6. The van der Waals surface area contributed by atoms with E-state index in [1.807, 2.05) is 0 Å². The lowest BCUT2D eigenvalue weighted by Gasteiger charge is -2.26. The van der Waals surface area contributed by atoms with Gasteiger partial charge in [-0.1, -0.05) is 18.2 Å². The molecule has 1 atom stereocenters. The first-order chi connectivity index (χ1) is 12.1. The number of carbonyl (C=O) groups is 3. The third kappa shape index (κ3) is 5.81. The second kappa shape index (κ2) is 9.30. The summed E-state index contributed by atoms with van der Waals surface area (Å²) in [5.74, 6) is -2.94. The van der Waals surface area contributed by atoms with E-state index in [1.165, 1.54) is 33.1 Å². The van der Waals surface area contributed by atoms with Gasteiger partial charge in [0.1, 0.15) is 6.04 Å². The molecule has 0 radical (unpaired) electrons. The summed E-state index contributed by atoms with van der Waals surface area (Å²) in [6.07, 6.45) is 0. The first-order valence-electron chi connectivity index (χ1n) is 7.73. The third-order valence-corrected chi connectivity index (χ3v) is 5.50. The van der Waals surface area contributed by atoms with Gasteiger partial charge in [0.05, 0.1) is 18.4 Å². The molecule has 0 aliphatic carbocycles. The van der Waals surface area contributed by atoms with Crippen molar-refractivity contribution in [2.45, 2.75) is 25.6 Å². The molecule has 0 heterocycles. The molecule has 0 fully saturated rings. The molecule has 0 aliphatic heterocycles. The minimum atomic E-state index is -4.09. The maximum atomic E-state index is 12.8. The van der Waals surface area contributed by atoms with Crippen molar-refractivity contribution in [2.75, 3.05) is 20.2 Å². The summed E-state index contributed by atoms with van der Waals surface area (Å²) in [5.41, 5.74) is 0.282. The Balaban J connectivity index is 3.15. The predicted molar refractivity (Wildman–Crippen MR) is 92.9 cm³/mol. The average Bonchev–Trinajstić information content (AvgIpc) is 2.57. The van der Waals surface area contributed by atoms with Gasteiger partial charge in [0.15, 0.2) is 0 Å². The molecule has 0 spiro atoms. The summed E-state index contributed by atoms with van der Waals surface area (Å²) in [4.78, 5) is 34.1. The Morgan fingerprint density at radius 1 is 1.27 bits per heavy atom. The smallest absolute Gasteiger partial charge is 0.338 e. The largest absolute Gasteiger partial charge is 0.480 e. The number of ether oxygens (including phenoxy) is 1. The van der Waals surface area contributed by atoms with Gasteiger partial charge in [-0.05, 0) is 18.6 Å². The molecular formula is C16H22N2O7S. The van der Waals surface area contributed by atoms with Crippen LogP contribution in [0, 0.1) is 0 Å². The zero-order valence-corrected chi connectivity index (χ0v) is 15.6. The van der Waals surface area contributed by atoms with Gasteiger partial charge in [-0.3, -0.25) is 9.59 Å². The molecule has 26 heavy (non-hydrogen) atoms. The van der Waals surface area contributed by atoms with Gasteiger partial charge in [0, 0.05) is 20.0 Å². The lowest BCUT2D eigenvalue weighted by atomic mass is 10.1. The molecule has 0 aliphatic rings. The molecule has 0 bridgehead atoms. The SMILES string of the molecule is COC(=O)c1ccccc1CS(=O)(=O)N(CCNC(C)=O)C(C)C(=O)O. The Labute approximate surface area is 152 Å². The topological polar surface area (TPSA) is 130 Å². The van der Waals surface area contributed by atoms with Crippen LogP contribution in [0.2, 0.25) is 0 Å². The number of amides is 1. The zero-order valence-electron chi connectivity index (χ0n) is 14.8. The highest BCUT2D eigenvalue weighted by Gasteiger charge is 2.32. The lowest BCUT2D eigenvalue weighted by molar-refractivity contribution is -0.140. The van der Waals surface area contributed by atoms with E-state index >= 15 is 0 Å². The number of methoxy groups -OCH3 is 1. The Kier molecular flexibility index (Phi) is 7.72. The zero-order chi connectivity index (χ0) is 19.9. The number of sulfonamides is 1. The van der Waals surface area contributed by atoms with Gasteiger partial charge in [-0.15, -0.1) is 0 Å². The van der Waals surface area contributed by atoms with E-state index in [0.29, 0.717) is 0 Å². The number of carboxylic acids is 1. The Morgan fingerprint density at radius 3 is 2.42 bits per heavy atom. The van der Waals surface area contributed by atoms with Crippen molar-refractivity contribution in [1.29, 1.82) is 0 Å². The van der Waals surface area contributed by atoms with Gasteiger partial charge in [0.2, 0.25) is 15.9 Å². The summed E-state index contributed by atoms with van der Waals surface area (Å²) in [5, 5.41) is 11.6. The van der Waals surface area contributed by atoms with Crippen molar-refractivity contribution in [3.8, 4) is 0 Å². The lowest BCUT2D eigenvalue weighted by Crippen LogP contribution is -2.47. The molecule has 1 rings (SSSR count). The normalized spacial score (nSPS) is 12.5. The van der Waals surface area contributed by atoms with Crippen molar-refractivity contribution in [3.05, 3.63) is 35.4 Å². The van der Waals surface area contributed by atoms with E-state index in [9.17, 15) is 27.9 Å². The highest BCUT2D eigenvalue weighted by atomic mass is 32.2. The van der Waals surface area contributed by atoms with E-state index in [-0.39, 0.29) is 30.1 Å². The molecule has 1 aromatic rings. The van der Waals surface area contributed by atoms with Gasteiger partial charge in [0.25, 0.3) is 0 Å². The number of rotatable bonds is 9. The molecule has 1 unspecified atom stereocenters. The number of aliphatic carboxylic acids is 1. The van der Waals surface area contributed by atoms with E-state index in [0.717, 1.165) is 4.31 Å². The second-order valence-corrected chi connectivity index (χ2v) is 7.43. The number of hydrogen-bond donors (Lipinski definition) is 2. The fraction of sp³-hybridized carbons (Fsp3) is 0.438. The van der Waals surface area contributed by atoms with Crippen LogP contribution in [0.15, 0.2) is 24.3 Å². The van der Waals surface area contributed by atoms with Crippen LogP contribution in [-0.2, 0) is 30.1 Å². The van der Waals surface area contributed by atoms with Crippen molar-refractivity contribution >= 4 is 27.9 Å². The maximum absolute atomic E-state index is 12.8. The van der Waals surface area contributed by atoms with Crippen molar-refractivity contribution in [1.82, 2.24) is 9.62 Å². The number of benzene rings is 1. The quantitative estimate of drug-likeness (QED) is 0.580. The molecule has 1 aromatic carbocycles. The van der Waals surface area contributed by atoms with Gasteiger partial charge in [-0.2, -0.15) is 4.31 Å². The number of carboxylic acid groups (broad SMARTS) is 1. The number of carbonyl (C=O) groups excluding carboxylic acids is 2. The number of nitrogens with zero attached hydrogens (tertiary/aromatic N) is 1. The van der Waals surface area contributed by atoms with E-state index in [4.69, 9.17) is 0 Å². The van der Waals surface area contributed by atoms with Crippen LogP contribution in [0.25, 0.3) is 0 Å². The fourth-order valence-corrected chi connectivity index (χ4v) is 4.03. The van der Waals surface area contributed by atoms with Crippen LogP contribution in [0.5, 0.6) is 0 Å². The number of esters is 1. The summed E-state index contributed by atoms with van der Waals surface area (Å²) in [6.45, 7) is 2.26. The van der Waals surface area contributed by atoms with Gasteiger partial charge in [-0.25, -0.2) is 13.2 Å². The molecule has 0 aromatic heterocycles. The maximum Gasteiger partial charge on any atom is 0.338 e. The molecule has 1 amide bonds. The van der Waals surface area contributed by atoms with Crippen LogP contribution < -0.4 is 5.32 Å². The highest BCUT2D eigenvalue weighted by molar-refractivity contribution is 7.88. The molecule has 10 heteroatoms. The summed E-state index contributed by atoms with van der Waals surface area (Å²) in [6, 6.07) is 4.69. The third-order valence-electron chi connectivity index (χ3n) is 3.61. The van der Waals surface area contributed by atoms with Crippen molar-refractivity contribution in [3.63, 3.8) is 0 Å². The van der Waals surface area contributed by atoms with Gasteiger partial charge >= 0.3 is 11.9 Å². The van der Waals surface area contributed by atoms with Crippen molar-refractivity contribution in [2.24, 2.45) is 0 Å². The fourth-order valence-electron chi connectivity index (χ4n) is 2.27. The molecule has 0 saturated heterocycles. The van der Waals surface area contributed by atoms with E-state index < -0.39 is 33.8 Å². The Morgan fingerprint density at radius 2 is 1.88 bits per heavy atom. The monoisotopic (exact) mass is 386 g/mol. The first-order valence-corrected chi connectivity index (χ1v) is 9.34. The van der Waals surface area contributed by atoms with Crippen LogP contribution in [0.1, 0.15) is 29.8 Å². The predicted octanol–water partition coefficient (Wildman–Crippen LogP) is 0.214. The van der Waals surface area contributed by atoms with E-state index in [2.05, 4.69) is 10.1 Å². The summed E-state index contributed by atoms with van der Waals surface area (Å²) in [7, 11) is -2.91. The van der Waals surface area contributed by atoms with Crippen LogP contribution in [0.3, 0.4) is 0 Å². The Hall–Kier alpha value is -2.46. The highest BCUT2D eigenvalue weighted by Crippen LogP contribution is 2.18. The first kappa shape index (κ1) is 21.6. The molecule has 2 N–H and O–H groups in total. The Bertz CT molecular complexity index is 777. The van der Waals surface area contributed by atoms with Crippen LogP contribution >= 0.6 is 0 Å². The van der Waals surface area contributed by atoms with E-state index in [1.54, 1.807) is 12.1 Å². The number of nitrogens with one attached hydrogen (secondary N) is 1. The van der Waals surface area contributed by atoms with Crippen LogP contribution in [-0.4, -0.2) is 61.9 Å². The van der Waals surface area contributed by atoms with Crippen molar-refractivity contribution < 1.29 is 32.6 Å². The molecular weight excluding hydrogens is 364 g/mol. The summed E-state index contributed by atoms with van der Waals surface area (Å²) < 4.78 is 31.0. The van der Waals surface area contributed by atoms with Gasteiger partial charge < -0.3 is 15.2 Å². The molecule has 144 valence electrons. The average molecular weight is 386 g/mol. The minimum Gasteiger partial charge on any atom is -0.480 e. The molecule has 9 nitrogen and oxygen atoms in total. The van der Waals surface area contributed by atoms with Crippen LogP contribution in [0.4, 0.5) is 0 Å².